The number of aliphatic hydroxyl groups is 3. The number of carbonyl (C=O) groups excluding carboxylic acids is 3. The van der Waals surface area contributed by atoms with Crippen molar-refractivity contribution in [3.63, 3.8) is 0 Å². The number of phenolic OH excluding ortho intramolecular Hbond substituents is 1. The van der Waals surface area contributed by atoms with E-state index in [0.717, 1.165) is 42.0 Å². The van der Waals surface area contributed by atoms with Gasteiger partial charge in [-0.15, -0.1) is 0 Å². The second-order valence-electron chi connectivity index (χ2n) is 15.8. The molecule has 0 radical (unpaired) electrons. The third-order valence-electron chi connectivity index (χ3n) is 10.4. The minimum absolute atomic E-state index is 0.0141. The first-order chi connectivity index (χ1) is 21.2. The molecule has 0 amide bonds. The van der Waals surface area contributed by atoms with Gasteiger partial charge in [-0.1, -0.05) is 91.0 Å². The van der Waals surface area contributed by atoms with Gasteiger partial charge in [0.1, 0.15) is 22.8 Å². The fourth-order valence-electron chi connectivity index (χ4n) is 8.91. The molecule has 0 aliphatic heterocycles. The SMILES string of the molecule is C=C(Cc1ccc(-c2ccc(O)c3c2C[C@]2(C)C[C@]4(C)C(C(C)C)C(O)=C(C(C)=O)C(=O)[C@]4(O)C(O)=C2C3=O)cc1)CC(C)(C)C. The summed E-state index contributed by atoms with van der Waals surface area (Å²) in [6.07, 6.45) is 1.93. The number of benzene rings is 2. The summed E-state index contributed by atoms with van der Waals surface area (Å²) in [5.74, 6) is -5.21. The highest BCUT2D eigenvalue weighted by Gasteiger charge is 2.71. The van der Waals surface area contributed by atoms with Crippen molar-refractivity contribution in [2.24, 2.45) is 28.1 Å². The highest BCUT2D eigenvalue weighted by molar-refractivity contribution is 6.25. The summed E-state index contributed by atoms with van der Waals surface area (Å²) in [6, 6.07) is 11.3. The minimum Gasteiger partial charge on any atom is -0.511 e. The Hall–Kier alpha value is -3.97. The molecule has 0 saturated heterocycles. The summed E-state index contributed by atoms with van der Waals surface area (Å²) in [4.78, 5) is 40.8. The van der Waals surface area contributed by atoms with Crippen molar-refractivity contribution in [1.82, 2.24) is 0 Å². The number of aliphatic hydroxyl groups excluding tert-OH is 2. The van der Waals surface area contributed by atoms with Crippen molar-refractivity contribution in [2.45, 2.75) is 86.7 Å². The first kappa shape index (κ1) is 33.4. The third-order valence-corrected chi connectivity index (χ3v) is 10.4. The zero-order chi connectivity index (χ0) is 34.3. The van der Waals surface area contributed by atoms with Gasteiger partial charge in [0.15, 0.2) is 17.2 Å². The Balaban J connectivity index is 1.65. The van der Waals surface area contributed by atoms with Crippen molar-refractivity contribution in [2.75, 3.05) is 0 Å². The molecule has 5 rings (SSSR count). The van der Waals surface area contributed by atoms with E-state index in [0.29, 0.717) is 5.56 Å². The molecule has 2 aromatic carbocycles. The van der Waals surface area contributed by atoms with Crippen LogP contribution in [0.15, 0.2) is 71.2 Å². The summed E-state index contributed by atoms with van der Waals surface area (Å²) >= 11 is 0. The van der Waals surface area contributed by atoms with E-state index in [1.54, 1.807) is 13.0 Å². The van der Waals surface area contributed by atoms with Crippen LogP contribution in [0, 0.1) is 28.1 Å². The summed E-state index contributed by atoms with van der Waals surface area (Å²) in [6.45, 7) is 19.0. The Morgan fingerprint density at radius 1 is 1.02 bits per heavy atom. The summed E-state index contributed by atoms with van der Waals surface area (Å²) in [5.41, 5.74) is -1.25. The average Bonchev–Trinajstić information content (AvgIpc) is 2.90. The Kier molecular flexibility index (Phi) is 7.84. The molecular weight excluding hydrogens is 580 g/mol. The van der Waals surface area contributed by atoms with E-state index >= 15 is 0 Å². The van der Waals surface area contributed by atoms with E-state index in [2.05, 4.69) is 27.4 Å². The normalized spacial score (nSPS) is 27.8. The standard InChI is InChI=1S/C39H46O7/c1-20(2)30-32(42)28(22(4)40)34(44)39(46)35(45)31-33(43)29-26(18-37(31,8)19-38(30,39)9)25(14-15-27(29)41)24-12-10-23(11-13-24)16-21(3)17-36(5,6)7/h10-15,20,30,41-42,45-46H,3,16-19H2,1-2,4-9H3/t30?,37-,38-,39+/m1/s1. The molecule has 244 valence electrons. The number of phenols is 1. The van der Waals surface area contributed by atoms with Gasteiger partial charge in [-0.05, 0) is 72.3 Å². The molecule has 3 aliphatic rings. The lowest BCUT2D eigenvalue weighted by Gasteiger charge is -2.59. The van der Waals surface area contributed by atoms with Crippen molar-refractivity contribution in [3.8, 4) is 16.9 Å². The van der Waals surface area contributed by atoms with Crippen LogP contribution in [0.1, 0.15) is 89.7 Å². The van der Waals surface area contributed by atoms with Gasteiger partial charge >= 0.3 is 0 Å². The molecule has 3 aliphatic carbocycles. The Labute approximate surface area is 271 Å². The number of hydrogen-bond donors (Lipinski definition) is 4. The summed E-state index contributed by atoms with van der Waals surface area (Å²) in [7, 11) is 0. The summed E-state index contributed by atoms with van der Waals surface area (Å²) < 4.78 is 0. The van der Waals surface area contributed by atoms with Crippen LogP contribution in [0.5, 0.6) is 5.75 Å². The molecular formula is C39H46O7. The third kappa shape index (κ3) is 4.86. The zero-order valence-electron chi connectivity index (χ0n) is 28.2. The number of Topliss-reactive ketones (excluding diaryl/α,β-unsaturated/α-hetero) is 3. The molecule has 1 unspecified atom stereocenters. The molecule has 0 spiro atoms. The predicted octanol–water partition coefficient (Wildman–Crippen LogP) is 7.55. The first-order valence-electron chi connectivity index (χ1n) is 16.0. The maximum Gasteiger partial charge on any atom is 0.209 e. The highest BCUT2D eigenvalue weighted by Crippen LogP contribution is 2.65. The number of allylic oxidation sites excluding steroid dienone is 3. The van der Waals surface area contributed by atoms with Crippen molar-refractivity contribution < 1.29 is 34.8 Å². The Morgan fingerprint density at radius 3 is 2.17 bits per heavy atom. The molecule has 46 heavy (non-hydrogen) atoms. The lowest BCUT2D eigenvalue weighted by atomic mass is 9.44. The number of carbonyl (C=O) groups is 3. The lowest BCUT2D eigenvalue weighted by molar-refractivity contribution is -0.171. The molecule has 2 aromatic rings. The van der Waals surface area contributed by atoms with Gasteiger partial charge in [0, 0.05) is 22.3 Å². The lowest BCUT2D eigenvalue weighted by Crippen LogP contribution is -2.67. The highest BCUT2D eigenvalue weighted by atomic mass is 16.3. The number of hydrogen-bond acceptors (Lipinski definition) is 7. The fourth-order valence-corrected chi connectivity index (χ4v) is 8.91. The van der Waals surface area contributed by atoms with Gasteiger partial charge < -0.3 is 20.4 Å². The largest absolute Gasteiger partial charge is 0.511 e. The van der Waals surface area contributed by atoms with Gasteiger partial charge in [0.25, 0.3) is 0 Å². The van der Waals surface area contributed by atoms with Crippen LogP contribution in [0.2, 0.25) is 0 Å². The molecule has 0 aromatic heterocycles. The summed E-state index contributed by atoms with van der Waals surface area (Å²) in [5, 5.41) is 46.4. The molecule has 7 heteroatoms. The molecule has 0 saturated carbocycles. The zero-order valence-corrected chi connectivity index (χ0v) is 28.2. The van der Waals surface area contributed by atoms with Gasteiger partial charge in [-0.25, -0.2) is 0 Å². The Morgan fingerprint density at radius 2 is 1.63 bits per heavy atom. The van der Waals surface area contributed by atoms with Crippen LogP contribution < -0.4 is 0 Å². The molecule has 0 fully saturated rings. The van der Waals surface area contributed by atoms with Crippen LogP contribution in [-0.4, -0.2) is 43.4 Å². The second-order valence-corrected chi connectivity index (χ2v) is 15.8. The van der Waals surface area contributed by atoms with Gasteiger partial charge in [-0.3, -0.25) is 14.4 Å². The molecule has 4 atom stereocenters. The quantitative estimate of drug-likeness (QED) is 0.192. The van der Waals surface area contributed by atoms with Crippen LogP contribution in [0.25, 0.3) is 11.1 Å². The fraction of sp³-hybridized carbons (Fsp3) is 0.462. The monoisotopic (exact) mass is 626 g/mol. The molecule has 0 bridgehead atoms. The minimum atomic E-state index is -2.63. The van der Waals surface area contributed by atoms with E-state index < -0.39 is 56.8 Å². The van der Waals surface area contributed by atoms with Gasteiger partial charge in [0.2, 0.25) is 5.78 Å². The van der Waals surface area contributed by atoms with Crippen LogP contribution in [-0.2, 0) is 22.4 Å². The first-order valence-corrected chi connectivity index (χ1v) is 16.0. The van der Waals surface area contributed by atoms with Crippen LogP contribution >= 0.6 is 0 Å². The van der Waals surface area contributed by atoms with E-state index in [1.807, 2.05) is 45.0 Å². The maximum atomic E-state index is 14.3. The number of rotatable bonds is 6. The Bertz CT molecular complexity index is 1750. The maximum absolute atomic E-state index is 14.3. The molecule has 7 nitrogen and oxygen atoms in total. The van der Waals surface area contributed by atoms with E-state index in [-0.39, 0.29) is 41.1 Å². The predicted molar refractivity (Wildman–Crippen MR) is 178 cm³/mol. The smallest absolute Gasteiger partial charge is 0.209 e. The van der Waals surface area contributed by atoms with Crippen LogP contribution in [0.4, 0.5) is 0 Å². The van der Waals surface area contributed by atoms with Crippen molar-refractivity contribution in [3.05, 3.63) is 87.9 Å². The number of aromatic hydroxyl groups is 1. The topological polar surface area (TPSA) is 132 Å². The average molecular weight is 627 g/mol. The number of fused-ring (bicyclic) bond motifs is 3. The number of ketones is 3. The molecule has 4 N–H and O–H groups in total. The van der Waals surface area contributed by atoms with Crippen LogP contribution in [0.3, 0.4) is 0 Å². The van der Waals surface area contributed by atoms with Gasteiger partial charge in [-0.2, -0.15) is 0 Å². The molecule has 0 heterocycles. The van der Waals surface area contributed by atoms with Crippen molar-refractivity contribution in [1.29, 1.82) is 0 Å². The van der Waals surface area contributed by atoms with E-state index in [4.69, 9.17) is 0 Å². The van der Waals surface area contributed by atoms with Gasteiger partial charge in [0.05, 0.1) is 5.56 Å². The van der Waals surface area contributed by atoms with E-state index in [9.17, 15) is 34.8 Å². The second kappa shape index (κ2) is 10.8. The van der Waals surface area contributed by atoms with Crippen molar-refractivity contribution >= 4 is 17.3 Å². The van der Waals surface area contributed by atoms with E-state index in [1.165, 1.54) is 6.07 Å².